The van der Waals surface area contributed by atoms with Crippen molar-refractivity contribution in [2.24, 2.45) is 34.4 Å². The average molecular weight is 410 g/mol. The lowest BCUT2D eigenvalue weighted by atomic mass is 10.1. The van der Waals surface area contributed by atoms with Crippen LogP contribution in [0.15, 0.2) is 0 Å². The van der Waals surface area contributed by atoms with E-state index >= 15 is 0 Å². The summed E-state index contributed by atoms with van der Waals surface area (Å²) in [5.41, 5.74) is 29.6. The van der Waals surface area contributed by atoms with Gasteiger partial charge in [-0.05, 0) is 19.4 Å². The molecule has 164 valence electrons. The molecule has 0 heterocycles. The number of carboxylic acids is 3. The number of nitrogens with two attached hydrogens (primary N) is 6. The van der Waals surface area contributed by atoms with Gasteiger partial charge in [-0.15, -0.1) is 0 Å². The van der Waals surface area contributed by atoms with Crippen LogP contribution in [0.2, 0.25) is 0 Å². The summed E-state index contributed by atoms with van der Waals surface area (Å²) >= 11 is 0. The molecule has 2 amide bonds. The molecule has 14 nitrogen and oxygen atoms in total. The molecule has 0 radical (unpaired) electrons. The monoisotopic (exact) mass is 410 g/mol. The van der Waals surface area contributed by atoms with Gasteiger partial charge < -0.3 is 49.7 Å². The van der Waals surface area contributed by atoms with E-state index < -0.39 is 47.8 Å². The maximum atomic E-state index is 10.1. The number of primary amides is 2. The minimum Gasteiger partial charge on any atom is -0.480 e. The molecule has 28 heavy (non-hydrogen) atoms. The van der Waals surface area contributed by atoms with Gasteiger partial charge in [-0.1, -0.05) is 6.42 Å². The van der Waals surface area contributed by atoms with Crippen molar-refractivity contribution in [2.75, 3.05) is 6.54 Å². The Morgan fingerprint density at radius 3 is 1.14 bits per heavy atom. The number of rotatable bonds is 11. The minimum absolute atomic E-state index is 0.310. The lowest BCUT2D eigenvalue weighted by Crippen LogP contribution is -2.34. The van der Waals surface area contributed by atoms with Gasteiger partial charge in [0.15, 0.2) is 0 Å². The zero-order valence-electron chi connectivity index (χ0n) is 15.3. The van der Waals surface area contributed by atoms with Crippen molar-refractivity contribution >= 4 is 29.7 Å². The average Bonchev–Trinajstić information content (AvgIpc) is 2.54. The molecule has 0 spiro atoms. The first kappa shape index (κ1) is 29.9. The van der Waals surface area contributed by atoms with E-state index in [4.69, 9.17) is 38.3 Å². The predicted octanol–water partition coefficient (Wildman–Crippen LogP) is -3.93. The van der Waals surface area contributed by atoms with E-state index in [1.807, 2.05) is 0 Å². The van der Waals surface area contributed by atoms with Crippen LogP contribution in [0, 0.1) is 0 Å². The zero-order chi connectivity index (χ0) is 22.9. The quantitative estimate of drug-likeness (QED) is 0.147. The Labute approximate surface area is 161 Å². The van der Waals surface area contributed by atoms with Crippen molar-refractivity contribution < 1.29 is 39.3 Å². The second-order valence-corrected chi connectivity index (χ2v) is 5.46. The number of amides is 2. The van der Waals surface area contributed by atoms with E-state index in [1.54, 1.807) is 0 Å². The molecule has 0 aliphatic rings. The zero-order valence-corrected chi connectivity index (χ0v) is 15.3. The van der Waals surface area contributed by atoms with Crippen molar-refractivity contribution in [3.05, 3.63) is 0 Å². The van der Waals surface area contributed by atoms with Crippen LogP contribution in [-0.2, 0) is 24.0 Å². The lowest BCUT2D eigenvalue weighted by Gasteiger charge is -2.03. The number of unbranched alkanes of at least 4 members (excludes halogenated alkanes) is 1. The molecule has 3 unspecified atom stereocenters. The van der Waals surface area contributed by atoms with Crippen molar-refractivity contribution in [1.29, 1.82) is 0 Å². The van der Waals surface area contributed by atoms with Gasteiger partial charge in [-0.25, -0.2) is 0 Å². The third kappa shape index (κ3) is 23.2. The van der Waals surface area contributed by atoms with Crippen molar-refractivity contribution in [3.8, 4) is 0 Å². The van der Waals surface area contributed by atoms with E-state index in [9.17, 15) is 24.0 Å². The van der Waals surface area contributed by atoms with Crippen LogP contribution in [0.5, 0.6) is 0 Å². The Balaban J connectivity index is -0.000000336. The standard InChI is InChI=1S/C6H14N2O2.2C4H8N2O3/c7-4-2-1-3-5(8)6(9)10;2*5-2(4(8)9)1-3(6)7/h5H,1-4,7-8H2,(H,9,10);2*2H,1,5H2,(H2,6,7)(H,8,9). The molecule has 0 aromatic carbocycles. The maximum Gasteiger partial charge on any atom is 0.321 e. The number of carboxylic acid groups (broad SMARTS) is 3. The van der Waals surface area contributed by atoms with Crippen LogP contribution in [0.1, 0.15) is 32.1 Å². The third-order valence-electron chi connectivity index (χ3n) is 2.76. The van der Waals surface area contributed by atoms with Crippen LogP contribution in [0.25, 0.3) is 0 Å². The first-order valence-electron chi connectivity index (χ1n) is 7.97. The van der Waals surface area contributed by atoms with Crippen LogP contribution >= 0.6 is 0 Å². The highest BCUT2D eigenvalue weighted by molar-refractivity contribution is 5.83. The van der Waals surface area contributed by atoms with Crippen LogP contribution in [0.3, 0.4) is 0 Å². The molecule has 14 heteroatoms. The van der Waals surface area contributed by atoms with Gasteiger partial charge in [0.1, 0.15) is 18.1 Å². The smallest absolute Gasteiger partial charge is 0.321 e. The van der Waals surface area contributed by atoms with E-state index in [0.29, 0.717) is 13.0 Å². The topological polar surface area (TPSA) is 302 Å². The summed E-state index contributed by atoms with van der Waals surface area (Å²) in [5.74, 6) is -4.77. The summed E-state index contributed by atoms with van der Waals surface area (Å²) in [5, 5.41) is 24.5. The van der Waals surface area contributed by atoms with Gasteiger partial charge in [-0.3, -0.25) is 24.0 Å². The van der Waals surface area contributed by atoms with Gasteiger partial charge in [-0.2, -0.15) is 0 Å². The predicted molar refractivity (Wildman–Crippen MR) is 97.4 cm³/mol. The maximum absolute atomic E-state index is 10.1. The number of carbonyl (C=O) groups excluding carboxylic acids is 2. The Hall–Kier alpha value is -2.81. The van der Waals surface area contributed by atoms with Crippen LogP contribution in [0.4, 0.5) is 0 Å². The largest absolute Gasteiger partial charge is 0.480 e. The summed E-state index contributed by atoms with van der Waals surface area (Å²) in [6, 6.07) is -3.04. The molecular formula is C14H30N6O8. The first-order chi connectivity index (χ1) is 12.8. The van der Waals surface area contributed by atoms with Gasteiger partial charge in [0, 0.05) is 0 Å². The van der Waals surface area contributed by atoms with Crippen molar-refractivity contribution in [1.82, 2.24) is 0 Å². The van der Waals surface area contributed by atoms with Gasteiger partial charge >= 0.3 is 17.9 Å². The molecule has 0 rings (SSSR count). The second kappa shape index (κ2) is 17.6. The summed E-state index contributed by atoms with van der Waals surface area (Å²) in [4.78, 5) is 49.9. The lowest BCUT2D eigenvalue weighted by molar-refractivity contribution is -0.140. The Morgan fingerprint density at radius 1 is 0.643 bits per heavy atom. The van der Waals surface area contributed by atoms with Crippen LogP contribution in [-0.4, -0.2) is 69.7 Å². The molecule has 0 saturated carbocycles. The fraction of sp³-hybridized carbons (Fsp3) is 0.643. The first-order valence-corrected chi connectivity index (χ1v) is 7.97. The summed E-state index contributed by atoms with van der Waals surface area (Å²) in [7, 11) is 0. The normalized spacial score (nSPS) is 12.7. The van der Waals surface area contributed by atoms with E-state index in [-0.39, 0.29) is 12.8 Å². The number of carbonyl (C=O) groups is 5. The number of hydrogen-bond donors (Lipinski definition) is 9. The van der Waals surface area contributed by atoms with Gasteiger partial charge in [0.2, 0.25) is 11.8 Å². The minimum atomic E-state index is -1.21. The highest BCUT2D eigenvalue weighted by Gasteiger charge is 2.13. The third-order valence-corrected chi connectivity index (χ3v) is 2.76. The van der Waals surface area contributed by atoms with Gasteiger partial charge in [0.25, 0.3) is 0 Å². The molecular weight excluding hydrogens is 380 g/mol. The molecule has 0 aromatic heterocycles. The Kier molecular flexibility index (Phi) is 18.8. The summed E-state index contributed by atoms with van der Waals surface area (Å²) in [6.45, 7) is 0.604. The van der Waals surface area contributed by atoms with E-state index in [2.05, 4.69) is 11.5 Å². The second-order valence-electron chi connectivity index (χ2n) is 5.46. The highest BCUT2D eigenvalue weighted by Crippen LogP contribution is 1.97. The van der Waals surface area contributed by atoms with E-state index in [0.717, 1.165) is 12.8 Å². The molecule has 0 bridgehead atoms. The summed E-state index contributed by atoms with van der Waals surface area (Å²) < 4.78 is 0. The summed E-state index contributed by atoms with van der Waals surface area (Å²) in [6.07, 6.45) is 1.54. The number of hydrogen-bond acceptors (Lipinski definition) is 9. The molecule has 0 saturated heterocycles. The Bertz CT molecular complexity index is 484. The van der Waals surface area contributed by atoms with Crippen molar-refractivity contribution in [2.45, 2.75) is 50.2 Å². The molecule has 15 N–H and O–H groups in total. The highest BCUT2D eigenvalue weighted by atomic mass is 16.4. The Morgan fingerprint density at radius 2 is 0.964 bits per heavy atom. The fourth-order valence-electron chi connectivity index (χ4n) is 1.24. The molecule has 0 aromatic rings. The molecule has 0 aliphatic heterocycles. The molecule has 0 aliphatic carbocycles. The fourth-order valence-corrected chi connectivity index (χ4v) is 1.24. The van der Waals surface area contributed by atoms with Gasteiger partial charge in [0.05, 0.1) is 12.8 Å². The van der Waals surface area contributed by atoms with E-state index in [1.165, 1.54) is 0 Å². The molecule has 0 fully saturated rings. The molecule has 3 atom stereocenters. The van der Waals surface area contributed by atoms with Crippen LogP contribution < -0.4 is 34.4 Å². The SMILES string of the molecule is NC(=O)CC(N)C(=O)O.NC(=O)CC(N)C(=O)O.NCCCCC(N)C(=O)O. The van der Waals surface area contributed by atoms with Crippen molar-refractivity contribution in [3.63, 3.8) is 0 Å². The number of aliphatic carboxylic acids is 3.